The zero-order valence-electron chi connectivity index (χ0n) is 22.6. The van der Waals surface area contributed by atoms with Gasteiger partial charge in [0.15, 0.2) is 5.69 Å². The summed E-state index contributed by atoms with van der Waals surface area (Å²) in [6.07, 6.45) is 4.36. The van der Waals surface area contributed by atoms with E-state index >= 15 is 0 Å². The Balaban J connectivity index is 1.43. The summed E-state index contributed by atoms with van der Waals surface area (Å²) in [7, 11) is -1.82. The van der Waals surface area contributed by atoms with Crippen molar-refractivity contribution >= 4 is 27.5 Å². The fourth-order valence-corrected chi connectivity index (χ4v) is 6.01. The largest absolute Gasteiger partial charge is 0.364 e. The number of hydrogen-bond acceptors (Lipinski definition) is 6. The van der Waals surface area contributed by atoms with Gasteiger partial charge >= 0.3 is 0 Å². The molecular weight excluding hydrogens is 530 g/mol. The fourth-order valence-electron chi connectivity index (χ4n) is 4.87. The minimum atomic E-state index is -3.37. The van der Waals surface area contributed by atoms with Crippen LogP contribution < -0.4 is 10.6 Å². The highest BCUT2D eigenvalue weighted by molar-refractivity contribution is 7.89. The third-order valence-electron chi connectivity index (χ3n) is 6.99. The lowest BCUT2D eigenvalue weighted by Gasteiger charge is -2.28. The van der Waals surface area contributed by atoms with E-state index in [1.54, 1.807) is 24.3 Å². The molecule has 2 aromatic heterocycles. The molecule has 4 aromatic rings. The van der Waals surface area contributed by atoms with Crippen molar-refractivity contribution in [2.24, 2.45) is 5.73 Å². The fraction of sp³-hybridized carbons (Fsp3) is 0.286. The molecule has 0 spiro atoms. The predicted octanol–water partition coefficient (Wildman–Crippen LogP) is 2.84. The Kier molecular flexibility index (Phi) is 7.30. The number of nitrogens with zero attached hydrogens (tertiary/aromatic N) is 6. The Morgan fingerprint density at radius 1 is 1.05 bits per heavy atom. The molecule has 2 N–H and O–H groups in total. The molecule has 2 amide bonds. The van der Waals surface area contributed by atoms with Crippen LogP contribution >= 0.6 is 0 Å². The maximum Gasteiger partial charge on any atom is 0.277 e. The molecule has 2 aromatic carbocycles. The van der Waals surface area contributed by atoms with E-state index in [4.69, 9.17) is 5.73 Å². The predicted molar refractivity (Wildman–Crippen MR) is 151 cm³/mol. The van der Waals surface area contributed by atoms with Crippen molar-refractivity contribution in [1.82, 2.24) is 23.6 Å². The highest BCUT2D eigenvalue weighted by Crippen LogP contribution is 2.29. The first-order valence-electron chi connectivity index (χ1n) is 13.0. The molecule has 0 bridgehead atoms. The third-order valence-corrected chi connectivity index (χ3v) is 8.99. The van der Waals surface area contributed by atoms with E-state index in [2.05, 4.69) is 10.1 Å². The number of aryl methyl sites for hydroxylation is 1. The molecule has 5 rings (SSSR count). The first-order chi connectivity index (χ1) is 19.1. The Labute approximate surface area is 232 Å². The Morgan fingerprint density at radius 2 is 1.70 bits per heavy atom. The molecule has 0 saturated heterocycles. The molecule has 208 valence electrons. The second-order valence-corrected chi connectivity index (χ2v) is 12.0. The molecule has 12 heteroatoms. The van der Waals surface area contributed by atoms with Crippen LogP contribution in [-0.4, -0.2) is 63.2 Å². The van der Waals surface area contributed by atoms with E-state index in [0.29, 0.717) is 47.8 Å². The van der Waals surface area contributed by atoms with Crippen LogP contribution in [0.2, 0.25) is 0 Å². The summed E-state index contributed by atoms with van der Waals surface area (Å²) in [5.74, 6) is -0.291. The van der Waals surface area contributed by atoms with Crippen LogP contribution in [0.5, 0.6) is 0 Å². The number of aromatic nitrogens is 4. The summed E-state index contributed by atoms with van der Waals surface area (Å²) in [4.78, 5) is 31.9. The number of rotatable bonds is 9. The minimum absolute atomic E-state index is 0.0776. The van der Waals surface area contributed by atoms with Crippen LogP contribution in [0.15, 0.2) is 60.9 Å². The summed E-state index contributed by atoms with van der Waals surface area (Å²) in [6.45, 7) is 4.29. The van der Waals surface area contributed by atoms with Gasteiger partial charge in [-0.1, -0.05) is 24.6 Å². The Morgan fingerprint density at radius 3 is 2.35 bits per heavy atom. The van der Waals surface area contributed by atoms with Gasteiger partial charge in [0.1, 0.15) is 11.5 Å². The number of nitrogens with two attached hydrogens (primary N) is 1. The molecule has 0 aliphatic carbocycles. The average molecular weight is 562 g/mol. The molecule has 0 radical (unpaired) electrons. The number of amides is 2. The van der Waals surface area contributed by atoms with Crippen LogP contribution in [0.3, 0.4) is 0 Å². The van der Waals surface area contributed by atoms with Crippen molar-refractivity contribution in [2.75, 3.05) is 24.2 Å². The van der Waals surface area contributed by atoms with Gasteiger partial charge in [-0.2, -0.15) is 9.40 Å². The van der Waals surface area contributed by atoms with Crippen molar-refractivity contribution < 1.29 is 18.0 Å². The van der Waals surface area contributed by atoms with Crippen LogP contribution in [-0.2, 0) is 23.0 Å². The van der Waals surface area contributed by atoms with Gasteiger partial charge in [0.25, 0.3) is 11.8 Å². The molecule has 1 aliphatic rings. The average Bonchev–Trinajstić information content (AvgIpc) is 3.55. The van der Waals surface area contributed by atoms with Crippen molar-refractivity contribution in [2.45, 2.75) is 33.2 Å². The topological polar surface area (TPSA) is 136 Å². The first kappa shape index (κ1) is 27.3. The summed E-state index contributed by atoms with van der Waals surface area (Å²) < 4.78 is 29.5. The number of primary amides is 1. The second-order valence-electron chi connectivity index (χ2n) is 9.80. The molecule has 11 nitrogen and oxygen atoms in total. The SMILES string of the molecule is CCCS(=O)(=O)N(C)Cc1nccn1-c1ccc(N2CCc3c(C(N)=O)nn(-c4ccc(C)cc4)c3C2=O)cc1. The van der Waals surface area contributed by atoms with Crippen molar-refractivity contribution in [3.05, 3.63) is 89.3 Å². The number of carbonyl (C=O) groups excluding carboxylic acids is 2. The first-order valence-corrected chi connectivity index (χ1v) is 14.6. The molecule has 1 aliphatic heterocycles. The van der Waals surface area contributed by atoms with Gasteiger partial charge < -0.3 is 15.2 Å². The number of sulfonamides is 1. The van der Waals surface area contributed by atoms with Crippen LogP contribution in [0.25, 0.3) is 11.4 Å². The van der Waals surface area contributed by atoms with Gasteiger partial charge in [-0.05, 0) is 56.2 Å². The molecule has 0 unspecified atom stereocenters. The van der Waals surface area contributed by atoms with Gasteiger partial charge in [0.2, 0.25) is 10.0 Å². The normalized spacial score (nSPS) is 13.6. The third kappa shape index (κ3) is 5.03. The summed E-state index contributed by atoms with van der Waals surface area (Å²) in [5, 5.41) is 4.42. The van der Waals surface area contributed by atoms with Crippen LogP contribution in [0, 0.1) is 6.92 Å². The van der Waals surface area contributed by atoms with Crippen molar-refractivity contribution in [3.63, 3.8) is 0 Å². The van der Waals surface area contributed by atoms with E-state index in [-0.39, 0.29) is 23.9 Å². The number of fused-ring (bicyclic) bond motifs is 1. The number of carbonyl (C=O) groups is 2. The van der Waals surface area contributed by atoms with E-state index in [1.165, 1.54) is 8.99 Å². The number of imidazole rings is 1. The van der Waals surface area contributed by atoms with Crippen LogP contribution in [0.4, 0.5) is 5.69 Å². The molecular formula is C28H31N7O4S. The lowest BCUT2D eigenvalue weighted by molar-refractivity contribution is 0.0972. The minimum Gasteiger partial charge on any atom is -0.364 e. The Hall–Kier alpha value is -4.29. The van der Waals surface area contributed by atoms with E-state index in [1.807, 2.05) is 66.9 Å². The second kappa shape index (κ2) is 10.7. The summed E-state index contributed by atoms with van der Waals surface area (Å²) in [6, 6.07) is 14.9. The zero-order valence-corrected chi connectivity index (χ0v) is 23.4. The van der Waals surface area contributed by atoms with Crippen molar-refractivity contribution in [3.8, 4) is 11.4 Å². The van der Waals surface area contributed by atoms with E-state index in [0.717, 1.165) is 11.3 Å². The van der Waals surface area contributed by atoms with E-state index < -0.39 is 15.9 Å². The van der Waals surface area contributed by atoms with Gasteiger partial charge in [0.05, 0.1) is 18.0 Å². The van der Waals surface area contributed by atoms with Crippen molar-refractivity contribution in [1.29, 1.82) is 0 Å². The highest BCUT2D eigenvalue weighted by atomic mass is 32.2. The van der Waals surface area contributed by atoms with Gasteiger partial charge in [-0.25, -0.2) is 18.1 Å². The van der Waals surface area contributed by atoms with Crippen LogP contribution in [0.1, 0.15) is 51.3 Å². The maximum atomic E-state index is 13.8. The smallest absolute Gasteiger partial charge is 0.277 e. The Bertz CT molecular complexity index is 1670. The zero-order chi connectivity index (χ0) is 28.6. The standard InChI is InChI=1S/C28H31N7O4S/c1-4-17-40(38,39)32(3)18-24-30-14-16-33(24)20-9-11-21(12-10-20)34-15-13-23-25(27(29)36)31-35(26(23)28(34)37)22-7-5-19(2)6-8-22/h5-12,14,16H,4,13,15,17-18H2,1-3H3,(H2,29,36). The highest BCUT2D eigenvalue weighted by Gasteiger charge is 2.34. The molecule has 0 atom stereocenters. The van der Waals surface area contributed by atoms with Gasteiger partial charge in [0, 0.05) is 42.9 Å². The molecule has 0 fully saturated rings. The molecule has 3 heterocycles. The quantitative estimate of drug-likeness (QED) is 0.334. The lowest BCUT2D eigenvalue weighted by atomic mass is 10.0. The molecule has 0 saturated carbocycles. The van der Waals surface area contributed by atoms with Gasteiger partial charge in [-0.15, -0.1) is 0 Å². The molecule has 40 heavy (non-hydrogen) atoms. The summed E-state index contributed by atoms with van der Waals surface area (Å²) in [5.41, 5.74) is 9.77. The lowest BCUT2D eigenvalue weighted by Crippen LogP contribution is -2.39. The number of hydrogen-bond donors (Lipinski definition) is 1. The number of benzene rings is 2. The monoisotopic (exact) mass is 561 g/mol. The number of anilines is 1. The van der Waals surface area contributed by atoms with E-state index in [9.17, 15) is 18.0 Å². The maximum absolute atomic E-state index is 13.8. The van der Waals surface area contributed by atoms with Gasteiger partial charge in [-0.3, -0.25) is 9.59 Å². The summed E-state index contributed by atoms with van der Waals surface area (Å²) >= 11 is 0.